The molecule has 0 aromatic heterocycles. The number of rotatable bonds is 2. The van der Waals surface area contributed by atoms with Gasteiger partial charge in [-0.1, -0.05) is 0 Å². The highest BCUT2D eigenvalue weighted by atomic mass is 16.5. The van der Waals surface area contributed by atoms with Gasteiger partial charge < -0.3 is 20.7 Å². The molecule has 0 aliphatic rings. The fourth-order valence-electron chi connectivity index (χ4n) is 0.142. The predicted molar refractivity (Wildman–Crippen MR) is 35.4 cm³/mol. The molecule has 0 bridgehead atoms. The zero-order valence-electron chi connectivity index (χ0n) is 5.91. The lowest BCUT2D eigenvalue weighted by atomic mass is 10.8. The fraction of sp³-hybridized carbons (Fsp3) is 0.800. The van der Waals surface area contributed by atoms with Gasteiger partial charge in [-0.2, -0.15) is 0 Å². The minimum Gasteiger partial charge on any atom is -0.450 e. The van der Waals surface area contributed by atoms with Crippen LogP contribution in [0.4, 0.5) is 4.79 Å². The number of carbonyl (C=O) groups is 1. The zero-order valence-corrected chi connectivity index (χ0v) is 5.91. The Morgan fingerprint density at radius 3 is 1.90 bits per heavy atom. The zero-order chi connectivity index (χ0) is 8.41. The van der Waals surface area contributed by atoms with Gasteiger partial charge in [0, 0.05) is 0 Å². The fourth-order valence-corrected chi connectivity index (χ4v) is 0.142. The number of hydrogen-bond donors (Lipinski definition) is 3. The highest BCUT2D eigenvalue weighted by Crippen LogP contribution is 1.66. The third-order valence-electron chi connectivity index (χ3n) is 0.387. The number of hydrogen-bond acceptors (Lipinski definition) is 4. The van der Waals surface area contributed by atoms with Crippen molar-refractivity contribution in [2.75, 3.05) is 19.8 Å². The maximum atomic E-state index is 9.60. The highest BCUT2D eigenvalue weighted by molar-refractivity contribution is 5.64. The van der Waals surface area contributed by atoms with Crippen molar-refractivity contribution in [1.82, 2.24) is 0 Å². The van der Waals surface area contributed by atoms with Crippen LogP contribution in [0.15, 0.2) is 0 Å². The average Bonchev–Trinajstić information content (AvgIpc) is 1.89. The van der Waals surface area contributed by atoms with Gasteiger partial charge in [-0.25, -0.2) is 4.79 Å². The summed E-state index contributed by atoms with van der Waals surface area (Å²) in [6.07, 6.45) is -0.711. The normalized spacial score (nSPS) is 7.50. The first kappa shape index (κ1) is 11.9. The first-order chi connectivity index (χ1) is 4.68. The van der Waals surface area contributed by atoms with E-state index in [1.807, 2.05) is 0 Å². The Hall–Kier alpha value is -0.810. The molecule has 4 N–H and O–H groups in total. The average molecular weight is 151 g/mol. The molecule has 0 saturated heterocycles. The van der Waals surface area contributed by atoms with Crippen LogP contribution < -0.4 is 5.73 Å². The van der Waals surface area contributed by atoms with Gasteiger partial charge in [-0.15, -0.1) is 0 Å². The molecule has 0 atom stereocenters. The third-order valence-corrected chi connectivity index (χ3v) is 0.387. The second kappa shape index (κ2) is 11.0. The van der Waals surface area contributed by atoms with Gasteiger partial charge in [0.25, 0.3) is 0 Å². The van der Waals surface area contributed by atoms with Crippen LogP contribution in [0.1, 0.15) is 6.92 Å². The van der Waals surface area contributed by atoms with Gasteiger partial charge in [0.2, 0.25) is 0 Å². The van der Waals surface area contributed by atoms with Gasteiger partial charge in [0.05, 0.1) is 19.8 Å². The molecule has 0 spiro atoms. The Morgan fingerprint density at radius 2 is 1.90 bits per heavy atom. The molecule has 1 amide bonds. The number of primary amides is 1. The van der Waals surface area contributed by atoms with E-state index in [9.17, 15) is 4.79 Å². The lowest BCUT2D eigenvalue weighted by Crippen LogP contribution is -2.11. The second-order valence-corrected chi connectivity index (χ2v) is 1.20. The molecule has 5 nitrogen and oxygen atoms in total. The quantitative estimate of drug-likeness (QED) is 0.475. The third kappa shape index (κ3) is 27.1. The van der Waals surface area contributed by atoms with E-state index in [-0.39, 0.29) is 13.2 Å². The van der Waals surface area contributed by atoms with Crippen molar-refractivity contribution in [3.8, 4) is 0 Å². The molecule has 0 heterocycles. The molecular formula is C5H13NO4. The molecule has 0 rings (SSSR count). The van der Waals surface area contributed by atoms with Crippen LogP contribution in [-0.2, 0) is 4.74 Å². The summed E-state index contributed by atoms with van der Waals surface area (Å²) in [5.74, 6) is 0. The summed E-state index contributed by atoms with van der Waals surface area (Å²) < 4.78 is 4.18. The van der Waals surface area contributed by atoms with Gasteiger partial charge >= 0.3 is 6.09 Å². The lowest BCUT2D eigenvalue weighted by Gasteiger charge is -1.89. The highest BCUT2D eigenvalue weighted by Gasteiger charge is 1.82. The van der Waals surface area contributed by atoms with Crippen LogP contribution in [0.5, 0.6) is 0 Å². The molecule has 62 valence electrons. The first-order valence-electron chi connectivity index (χ1n) is 2.83. The van der Waals surface area contributed by atoms with Crippen LogP contribution >= 0.6 is 0 Å². The Balaban J connectivity index is 0. The lowest BCUT2D eigenvalue weighted by molar-refractivity contribution is 0.163. The van der Waals surface area contributed by atoms with Gasteiger partial charge in [-0.05, 0) is 6.92 Å². The topological polar surface area (TPSA) is 92.8 Å². The molecule has 0 fully saturated rings. The van der Waals surface area contributed by atoms with Gasteiger partial charge in [0.15, 0.2) is 0 Å². The van der Waals surface area contributed by atoms with E-state index in [2.05, 4.69) is 10.5 Å². The Labute approximate surface area is 59.4 Å². The van der Waals surface area contributed by atoms with E-state index < -0.39 is 6.09 Å². The van der Waals surface area contributed by atoms with Gasteiger partial charge in [-0.3, -0.25) is 0 Å². The summed E-state index contributed by atoms with van der Waals surface area (Å²) in [4.78, 5) is 9.60. The molecule has 0 aliphatic heterocycles. The maximum Gasteiger partial charge on any atom is 0.404 e. The molecule has 0 aromatic rings. The SMILES string of the molecule is CCOC(N)=O.OCCO. The minimum atomic E-state index is -0.711. The molecule has 0 unspecified atom stereocenters. The van der Waals surface area contributed by atoms with Crippen molar-refractivity contribution in [3.63, 3.8) is 0 Å². The van der Waals surface area contributed by atoms with Crippen molar-refractivity contribution in [1.29, 1.82) is 0 Å². The summed E-state index contributed by atoms with van der Waals surface area (Å²) in [6, 6.07) is 0. The number of ether oxygens (including phenoxy) is 1. The largest absolute Gasteiger partial charge is 0.450 e. The number of aliphatic hydroxyl groups is 2. The van der Waals surface area contributed by atoms with Crippen LogP contribution in [-0.4, -0.2) is 36.1 Å². The van der Waals surface area contributed by atoms with Gasteiger partial charge in [0.1, 0.15) is 0 Å². The first-order valence-corrected chi connectivity index (χ1v) is 2.83. The van der Waals surface area contributed by atoms with E-state index in [1.165, 1.54) is 0 Å². The standard InChI is InChI=1S/C3H7NO2.C2H6O2/c1-2-6-3(4)5;3-1-2-4/h2H2,1H3,(H2,4,5);3-4H,1-2H2. The molecular weight excluding hydrogens is 138 g/mol. The predicted octanol–water partition coefficient (Wildman–Crippen LogP) is -0.927. The van der Waals surface area contributed by atoms with Crippen molar-refractivity contribution in [3.05, 3.63) is 0 Å². The number of nitrogens with two attached hydrogens (primary N) is 1. The summed E-state index contributed by atoms with van der Waals surface area (Å²) in [6.45, 7) is 1.81. The minimum absolute atomic E-state index is 0.125. The summed E-state index contributed by atoms with van der Waals surface area (Å²) in [7, 11) is 0. The number of amides is 1. The van der Waals surface area contributed by atoms with Crippen molar-refractivity contribution in [2.45, 2.75) is 6.92 Å². The van der Waals surface area contributed by atoms with E-state index in [0.29, 0.717) is 6.61 Å². The molecule has 0 radical (unpaired) electrons. The van der Waals surface area contributed by atoms with Crippen molar-refractivity contribution in [2.24, 2.45) is 5.73 Å². The van der Waals surface area contributed by atoms with Crippen molar-refractivity contribution >= 4 is 6.09 Å². The monoisotopic (exact) mass is 151 g/mol. The Morgan fingerprint density at radius 1 is 1.50 bits per heavy atom. The summed E-state index contributed by atoms with van der Waals surface area (Å²) >= 11 is 0. The van der Waals surface area contributed by atoms with Crippen LogP contribution in [0.25, 0.3) is 0 Å². The maximum absolute atomic E-state index is 9.60. The smallest absolute Gasteiger partial charge is 0.404 e. The van der Waals surface area contributed by atoms with E-state index in [4.69, 9.17) is 10.2 Å². The van der Waals surface area contributed by atoms with Crippen LogP contribution in [0.3, 0.4) is 0 Å². The Kier molecular flexibility index (Phi) is 13.2. The van der Waals surface area contributed by atoms with Crippen molar-refractivity contribution < 1.29 is 19.7 Å². The molecule has 0 saturated carbocycles. The second-order valence-electron chi connectivity index (χ2n) is 1.20. The van der Waals surface area contributed by atoms with E-state index in [1.54, 1.807) is 6.92 Å². The Bertz CT molecular complexity index is 74.0. The number of carbonyl (C=O) groups excluding carboxylic acids is 1. The molecule has 10 heavy (non-hydrogen) atoms. The van der Waals surface area contributed by atoms with Crippen LogP contribution in [0.2, 0.25) is 0 Å². The molecule has 0 aromatic carbocycles. The summed E-state index contributed by atoms with van der Waals surface area (Å²) in [5.41, 5.74) is 4.54. The molecule has 0 aliphatic carbocycles. The van der Waals surface area contributed by atoms with Crippen LogP contribution in [0, 0.1) is 0 Å². The van der Waals surface area contributed by atoms with E-state index >= 15 is 0 Å². The number of aliphatic hydroxyl groups excluding tert-OH is 2. The molecule has 5 heteroatoms. The summed E-state index contributed by atoms with van der Waals surface area (Å²) in [5, 5.41) is 15.2. The van der Waals surface area contributed by atoms with E-state index in [0.717, 1.165) is 0 Å².